The standard InChI is InChI=1S/C48H55N11O5/c1-29-24-32(6-12-37(29)30(2)51-43(61)44-53-45(56-64-44)47(3,4)5)41-38-25-33(26-50-42(38)55-54-41)39-13-7-34(27-49-39)48(63)17-22-57(23-18-48)28-31-14-19-58(20-15-31)35-8-10-36(11-9-35)59-21-16-40(60)52-46(59)62/h6-13,24-27,30-31,63H,14-23,28H2,1-5H3,(H,51,61)(H,50,54,55)(H,52,60,62). The van der Waals surface area contributed by atoms with E-state index in [0.29, 0.717) is 43.2 Å². The molecule has 4 amide bonds. The Morgan fingerprint density at radius 1 is 0.938 bits per heavy atom. The number of nitrogens with zero attached hydrogens (tertiary/aromatic N) is 8. The summed E-state index contributed by atoms with van der Waals surface area (Å²) < 4.78 is 5.24. The van der Waals surface area contributed by atoms with Gasteiger partial charge < -0.3 is 24.7 Å². The van der Waals surface area contributed by atoms with Crippen molar-refractivity contribution in [3.63, 3.8) is 0 Å². The SMILES string of the molecule is Cc1cc(-c2[nH]nc3ncc(-c4ccc(C5(O)CCN(CC6CCN(c7ccc(N8CCC(=O)NC8=O)cc7)CC6)CC5)cn4)cc23)ccc1C(C)NC(=O)c1nc(C(C)(C)C)no1. The molecule has 7 heterocycles. The molecule has 64 heavy (non-hydrogen) atoms. The monoisotopic (exact) mass is 865 g/mol. The van der Waals surface area contributed by atoms with E-state index in [-0.39, 0.29) is 29.3 Å². The number of carbonyl (C=O) groups excluding carboxylic acids is 3. The average molecular weight is 866 g/mol. The normalized spacial score (nSPS) is 18.0. The van der Waals surface area contributed by atoms with E-state index in [1.807, 2.05) is 77.1 Å². The van der Waals surface area contributed by atoms with Gasteiger partial charge in [-0.3, -0.25) is 29.9 Å². The highest BCUT2D eigenvalue weighted by Crippen LogP contribution is 2.36. The lowest BCUT2D eigenvalue weighted by Gasteiger charge is -2.41. The molecule has 4 N–H and O–H groups in total. The number of aromatic amines is 1. The van der Waals surface area contributed by atoms with Gasteiger partial charge >= 0.3 is 17.8 Å². The topological polar surface area (TPSA) is 199 Å². The second-order valence-electron chi connectivity index (χ2n) is 18.6. The van der Waals surface area contributed by atoms with Crippen molar-refractivity contribution in [1.82, 2.24) is 45.8 Å². The minimum atomic E-state index is -0.936. The molecule has 2 aromatic carbocycles. The van der Waals surface area contributed by atoms with Crippen molar-refractivity contribution in [1.29, 1.82) is 0 Å². The molecule has 1 atom stereocenters. The van der Waals surface area contributed by atoms with Crippen LogP contribution in [0.2, 0.25) is 0 Å². The predicted molar refractivity (Wildman–Crippen MR) is 243 cm³/mol. The fourth-order valence-corrected chi connectivity index (χ4v) is 9.16. The molecule has 0 saturated carbocycles. The number of hydrogen-bond acceptors (Lipinski definition) is 12. The number of anilines is 2. The lowest BCUT2D eigenvalue weighted by Crippen LogP contribution is -2.49. The number of imide groups is 1. The summed E-state index contributed by atoms with van der Waals surface area (Å²) in [6.07, 6.45) is 7.38. The molecule has 0 bridgehead atoms. The number of nitrogens with one attached hydrogen (secondary N) is 3. The van der Waals surface area contributed by atoms with Crippen molar-refractivity contribution in [3.8, 4) is 22.5 Å². The van der Waals surface area contributed by atoms with Gasteiger partial charge in [0.25, 0.3) is 0 Å². The number of H-pyrrole nitrogens is 1. The number of aryl methyl sites for hydroxylation is 1. The molecular weight excluding hydrogens is 811 g/mol. The highest BCUT2D eigenvalue weighted by Gasteiger charge is 2.35. The van der Waals surface area contributed by atoms with Crippen molar-refractivity contribution >= 4 is 40.3 Å². The van der Waals surface area contributed by atoms with Crippen LogP contribution in [0.1, 0.15) is 99.0 Å². The van der Waals surface area contributed by atoms with Gasteiger partial charge in [0.1, 0.15) is 0 Å². The molecule has 16 nitrogen and oxygen atoms in total. The maximum atomic E-state index is 12.9. The Morgan fingerprint density at radius 2 is 1.69 bits per heavy atom. The summed E-state index contributed by atoms with van der Waals surface area (Å²) in [5.41, 5.74) is 7.41. The molecule has 0 spiro atoms. The molecule has 16 heteroatoms. The van der Waals surface area contributed by atoms with Gasteiger partial charge in [-0.2, -0.15) is 10.1 Å². The molecule has 1 unspecified atom stereocenters. The summed E-state index contributed by atoms with van der Waals surface area (Å²) in [4.78, 5) is 57.0. The summed E-state index contributed by atoms with van der Waals surface area (Å²) in [5, 5.41) is 29.7. The van der Waals surface area contributed by atoms with Crippen LogP contribution in [0.5, 0.6) is 0 Å². The van der Waals surface area contributed by atoms with Crippen LogP contribution in [-0.2, 0) is 15.8 Å². The summed E-state index contributed by atoms with van der Waals surface area (Å²) >= 11 is 0. The zero-order valence-electron chi connectivity index (χ0n) is 37.0. The number of pyridine rings is 2. The van der Waals surface area contributed by atoms with Gasteiger partial charge in [0.2, 0.25) is 5.91 Å². The van der Waals surface area contributed by atoms with Crippen molar-refractivity contribution in [2.24, 2.45) is 5.92 Å². The molecule has 3 fully saturated rings. The van der Waals surface area contributed by atoms with Crippen LogP contribution in [0.4, 0.5) is 16.2 Å². The van der Waals surface area contributed by atoms with Crippen molar-refractivity contribution in [3.05, 3.63) is 101 Å². The van der Waals surface area contributed by atoms with E-state index < -0.39 is 11.5 Å². The number of hydrogen-bond donors (Lipinski definition) is 4. The largest absolute Gasteiger partial charge is 0.385 e. The van der Waals surface area contributed by atoms with E-state index in [4.69, 9.17) is 9.51 Å². The van der Waals surface area contributed by atoms with Crippen LogP contribution in [0.3, 0.4) is 0 Å². The van der Waals surface area contributed by atoms with E-state index in [2.05, 4.69) is 64.0 Å². The second kappa shape index (κ2) is 17.2. The molecule has 3 saturated heterocycles. The molecule has 9 rings (SSSR count). The lowest BCUT2D eigenvalue weighted by molar-refractivity contribution is -0.120. The Kier molecular flexibility index (Phi) is 11.5. The minimum Gasteiger partial charge on any atom is -0.385 e. The fourth-order valence-electron chi connectivity index (χ4n) is 9.16. The summed E-state index contributed by atoms with van der Waals surface area (Å²) in [5.74, 6) is 0.356. The minimum absolute atomic E-state index is 0.0608. The first kappa shape index (κ1) is 42.8. The third-order valence-corrected chi connectivity index (χ3v) is 13.1. The first-order valence-electron chi connectivity index (χ1n) is 22.2. The molecule has 0 aliphatic carbocycles. The number of piperidine rings is 2. The van der Waals surface area contributed by atoms with E-state index in [1.54, 1.807) is 17.3 Å². The molecule has 0 radical (unpaired) electrons. The fraction of sp³-hybridized carbons (Fsp3) is 0.417. The Labute approximate surface area is 371 Å². The zero-order valence-corrected chi connectivity index (χ0v) is 37.0. The van der Waals surface area contributed by atoms with E-state index in [0.717, 1.165) is 102 Å². The molecule has 332 valence electrons. The second-order valence-corrected chi connectivity index (χ2v) is 18.6. The number of rotatable bonds is 10. The Morgan fingerprint density at radius 3 is 2.36 bits per heavy atom. The molecule has 3 aliphatic rings. The number of likely N-dealkylation sites (tertiary alicyclic amines) is 1. The van der Waals surface area contributed by atoms with Gasteiger partial charge in [-0.1, -0.05) is 44.1 Å². The van der Waals surface area contributed by atoms with Crippen LogP contribution in [0.25, 0.3) is 33.5 Å². The van der Waals surface area contributed by atoms with E-state index in [9.17, 15) is 19.5 Å². The van der Waals surface area contributed by atoms with Crippen LogP contribution in [0, 0.1) is 12.8 Å². The average Bonchev–Trinajstić information content (AvgIpc) is 3.97. The van der Waals surface area contributed by atoms with Crippen molar-refractivity contribution < 1.29 is 24.0 Å². The smallest absolute Gasteiger partial charge is 0.328 e. The summed E-state index contributed by atoms with van der Waals surface area (Å²) in [7, 11) is 0. The maximum absolute atomic E-state index is 12.9. The maximum Gasteiger partial charge on any atom is 0.328 e. The first-order valence-corrected chi connectivity index (χ1v) is 22.2. The third kappa shape index (κ3) is 8.84. The summed E-state index contributed by atoms with van der Waals surface area (Å²) in [6.45, 7) is 14.8. The van der Waals surface area contributed by atoms with Crippen LogP contribution < -0.4 is 20.4 Å². The third-order valence-electron chi connectivity index (χ3n) is 13.1. The Hall–Kier alpha value is -6.52. The van der Waals surface area contributed by atoms with Gasteiger partial charge in [0.05, 0.1) is 23.0 Å². The van der Waals surface area contributed by atoms with E-state index >= 15 is 0 Å². The van der Waals surface area contributed by atoms with Crippen LogP contribution in [-0.4, -0.2) is 97.4 Å². The molecule has 4 aromatic heterocycles. The lowest BCUT2D eigenvalue weighted by atomic mass is 9.84. The summed E-state index contributed by atoms with van der Waals surface area (Å²) in [6, 6.07) is 19.4. The zero-order chi connectivity index (χ0) is 44.8. The van der Waals surface area contributed by atoms with Gasteiger partial charge in [0.15, 0.2) is 11.5 Å². The van der Waals surface area contributed by atoms with Gasteiger partial charge in [0, 0.05) is 96.9 Å². The number of fused-ring (bicyclic) bond motifs is 1. The number of aromatic nitrogens is 6. The number of aliphatic hydroxyl groups is 1. The Bertz CT molecular complexity index is 2670. The number of amides is 4. The number of benzene rings is 2. The molecular formula is C48H55N11O5. The quantitative estimate of drug-likeness (QED) is 0.112. The highest BCUT2D eigenvalue weighted by atomic mass is 16.5. The van der Waals surface area contributed by atoms with Crippen molar-refractivity contribution in [2.75, 3.05) is 49.1 Å². The van der Waals surface area contributed by atoms with Crippen molar-refractivity contribution in [2.45, 2.75) is 83.8 Å². The molecule has 6 aromatic rings. The van der Waals surface area contributed by atoms with Gasteiger partial charge in [-0.15, -0.1) is 0 Å². The molecule has 3 aliphatic heterocycles. The van der Waals surface area contributed by atoms with Gasteiger partial charge in [-0.05, 0) is 99.0 Å². The van der Waals surface area contributed by atoms with Gasteiger partial charge in [-0.25, -0.2) is 9.78 Å². The van der Waals surface area contributed by atoms with Crippen LogP contribution >= 0.6 is 0 Å². The Balaban J connectivity index is 0.782. The van der Waals surface area contributed by atoms with E-state index in [1.165, 1.54) is 0 Å². The van der Waals surface area contributed by atoms with Crippen LogP contribution in [0.15, 0.2) is 77.6 Å². The number of carbonyl (C=O) groups is 3. The predicted octanol–water partition coefficient (Wildman–Crippen LogP) is 6.81. The highest BCUT2D eigenvalue weighted by molar-refractivity contribution is 6.05. The first-order chi connectivity index (χ1) is 30.7. The number of urea groups is 1.